The predicted octanol–water partition coefficient (Wildman–Crippen LogP) is 3.18. The monoisotopic (exact) mass is 274 g/mol. The molecule has 0 bridgehead atoms. The molecule has 0 atom stereocenters. The van der Waals surface area contributed by atoms with Gasteiger partial charge in [0.05, 0.1) is 0 Å². The quantitative estimate of drug-likeness (QED) is 0.470. The summed E-state index contributed by atoms with van der Waals surface area (Å²) in [5, 5.41) is 0. The largest absolute Gasteiger partial charge is 0.390 e. The maximum Gasteiger partial charge on any atom is 0.390 e. The highest BCUT2D eigenvalue weighted by molar-refractivity contribution is 5.30. The zero-order chi connectivity index (χ0) is 13.9. The Balaban J connectivity index is 3.61. The summed E-state index contributed by atoms with van der Waals surface area (Å²) in [5.41, 5.74) is 0. The van der Waals surface area contributed by atoms with Gasteiger partial charge in [-0.05, 0) is 11.8 Å². The fraction of sp³-hybridized carbons (Fsp3) is 0.714. The zero-order valence-corrected chi connectivity index (χ0v) is 7.28. The van der Waals surface area contributed by atoms with Gasteiger partial charge in [-0.25, -0.2) is 0 Å². The second-order valence-electron chi connectivity index (χ2n) is 3.12. The first kappa shape index (κ1) is 13.9. The van der Waals surface area contributed by atoms with Crippen molar-refractivity contribution in [3.63, 3.8) is 0 Å². The Morgan fingerprint density at radius 1 is 0.412 bits per heavy atom. The number of rotatable bonds is 0. The van der Waals surface area contributed by atoms with Crippen LogP contribution in [0.25, 0.3) is 0 Å². The van der Waals surface area contributed by atoms with E-state index >= 15 is 0 Å². The van der Waals surface area contributed by atoms with E-state index in [1.165, 1.54) is 0 Å². The number of hydrogen-bond donors (Lipinski definition) is 0. The van der Waals surface area contributed by atoms with Crippen LogP contribution in [-0.4, -0.2) is 29.6 Å². The van der Waals surface area contributed by atoms with E-state index in [1.54, 1.807) is 0 Å². The minimum Gasteiger partial charge on any atom is -0.192 e. The summed E-state index contributed by atoms with van der Waals surface area (Å²) in [5.74, 6) is -32.9. The molecule has 0 fully saturated rings. The molecule has 0 radical (unpaired) electrons. The summed E-state index contributed by atoms with van der Waals surface area (Å²) in [6.45, 7) is 0. The molecule has 0 aromatic carbocycles. The van der Waals surface area contributed by atoms with Crippen LogP contribution in [0.1, 0.15) is 0 Å². The van der Waals surface area contributed by atoms with E-state index in [1.807, 2.05) is 0 Å². The van der Waals surface area contributed by atoms with Crippen molar-refractivity contribution in [1.82, 2.24) is 0 Å². The molecule has 0 spiro atoms. The Kier molecular flexibility index (Phi) is 2.45. The van der Waals surface area contributed by atoms with Gasteiger partial charge >= 0.3 is 29.6 Å². The van der Waals surface area contributed by atoms with E-state index in [2.05, 4.69) is 0 Å². The third-order valence-electron chi connectivity index (χ3n) is 1.95. The summed E-state index contributed by atoms with van der Waals surface area (Å²) in [4.78, 5) is 0. The van der Waals surface area contributed by atoms with Crippen LogP contribution in [-0.2, 0) is 0 Å². The molecule has 0 nitrogen and oxygen atoms in total. The Morgan fingerprint density at radius 2 is 0.647 bits per heavy atom. The minimum atomic E-state index is -6.97. The van der Waals surface area contributed by atoms with E-state index in [-0.39, 0.29) is 11.8 Å². The topological polar surface area (TPSA) is 0 Å². The molecule has 0 amide bonds. The summed E-state index contributed by atoms with van der Waals surface area (Å²) in [7, 11) is 0. The van der Waals surface area contributed by atoms with Gasteiger partial charge < -0.3 is 0 Å². The Morgan fingerprint density at radius 3 is 0.882 bits per heavy atom. The molecular formula is C7F10. The van der Waals surface area contributed by atoms with Crippen LogP contribution in [0.4, 0.5) is 43.9 Å². The maximum atomic E-state index is 12.5. The van der Waals surface area contributed by atoms with Gasteiger partial charge in [0.25, 0.3) is 0 Å². The summed E-state index contributed by atoms with van der Waals surface area (Å²) < 4.78 is 124. The molecule has 0 saturated heterocycles. The van der Waals surface area contributed by atoms with E-state index < -0.39 is 29.6 Å². The zero-order valence-electron chi connectivity index (χ0n) is 7.28. The van der Waals surface area contributed by atoms with Gasteiger partial charge in [0.2, 0.25) is 0 Å². The predicted molar refractivity (Wildman–Crippen MR) is 32.5 cm³/mol. The minimum absolute atomic E-state index is 0.231. The van der Waals surface area contributed by atoms with Gasteiger partial charge in [-0.3, -0.25) is 0 Å². The lowest BCUT2D eigenvalue weighted by atomic mass is 9.98. The van der Waals surface area contributed by atoms with Gasteiger partial charge in [0, 0.05) is 0 Å². The van der Waals surface area contributed by atoms with Crippen LogP contribution in [0, 0.1) is 11.8 Å². The average Bonchev–Trinajstić information content (AvgIpc) is 2.14. The maximum absolute atomic E-state index is 12.5. The Hall–Kier alpha value is -1.14. The molecule has 0 saturated carbocycles. The van der Waals surface area contributed by atoms with Crippen molar-refractivity contribution in [2.24, 2.45) is 0 Å². The van der Waals surface area contributed by atoms with Crippen molar-refractivity contribution in [3.05, 3.63) is 0 Å². The summed E-state index contributed by atoms with van der Waals surface area (Å²) in [6, 6.07) is 0. The molecule has 0 N–H and O–H groups in total. The third-order valence-corrected chi connectivity index (χ3v) is 1.95. The third kappa shape index (κ3) is 1.40. The molecule has 98 valence electrons. The SMILES string of the molecule is FC1(F)C#CC(F)(F)C(F)(F)C(F)(F)C1(F)F. The molecule has 17 heavy (non-hydrogen) atoms. The van der Waals surface area contributed by atoms with Gasteiger partial charge in [0.1, 0.15) is 0 Å². The lowest BCUT2D eigenvalue weighted by Gasteiger charge is -2.34. The van der Waals surface area contributed by atoms with Crippen LogP contribution < -0.4 is 0 Å². The van der Waals surface area contributed by atoms with Crippen LogP contribution in [0.3, 0.4) is 0 Å². The Labute approximate surface area is 86.6 Å². The number of halogens is 10. The van der Waals surface area contributed by atoms with E-state index in [4.69, 9.17) is 0 Å². The molecule has 1 aliphatic carbocycles. The van der Waals surface area contributed by atoms with Crippen molar-refractivity contribution < 1.29 is 43.9 Å². The summed E-state index contributed by atoms with van der Waals surface area (Å²) >= 11 is 0. The lowest BCUT2D eigenvalue weighted by Crippen LogP contribution is -2.65. The van der Waals surface area contributed by atoms with E-state index in [9.17, 15) is 43.9 Å². The standard InChI is InChI=1S/C7F10/c8-3(9)1-2-4(10,11)6(14,15)7(16,17)5(3,12)13. The van der Waals surface area contributed by atoms with Gasteiger partial charge in [0.15, 0.2) is 0 Å². The molecule has 0 heterocycles. The smallest absolute Gasteiger partial charge is 0.192 e. The molecule has 0 aromatic heterocycles. The number of hydrogen-bond acceptors (Lipinski definition) is 0. The number of alkyl halides is 10. The normalized spacial score (nSPS) is 30.9. The highest BCUT2D eigenvalue weighted by atomic mass is 19.4. The van der Waals surface area contributed by atoms with E-state index in [0.717, 1.165) is 0 Å². The second kappa shape index (κ2) is 3.00. The van der Waals surface area contributed by atoms with Crippen LogP contribution >= 0.6 is 0 Å². The highest BCUT2D eigenvalue weighted by Gasteiger charge is 2.87. The first-order valence-corrected chi connectivity index (χ1v) is 3.64. The van der Waals surface area contributed by atoms with E-state index in [0.29, 0.717) is 0 Å². The molecular weight excluding hydrogens is 274 g/mol. The van der Waals surface area contributed by atoms with Crippen molar-refractivity contribution in [1.29, 1.82) is 0 Å². The van der Waals surface area contributed by atoms with Crippen molar-refractivity contribution in [3.8, 4) is 11.8 Å². The summed E-state index contributed by atoms with van der Waals surface area (Å²) in [6.07, 6.45) is 0. The van der Waals surface area contributed by atoms with Crippen molar-refractivity contribution >= 4 is 0 Å². The first-order valence-electron chi connectivity index (χ1n) is 3.64. The highest BCUT2D eigenvalue weighted by Crippen LogP contribution is 2.58. The fourth-order valence-electron chi connectivity index (χ4n) is 0.905. The molecule has 0 aliphatic heterocycles. The van der Waals surface area contributed by atoms with Gasteiger partial charge in [-0.1, -0.05) is 0 Å². The molecule has 1 aliphatic rings. The second-order valence-corrected chi connectivity index (χ2v) is 3.12. The van der Waals surface area contributed by atoms with Crippen LogP contribution in [0.5, 0.6) is 0 Å². The average molecular weight is 274 g/mol. The fourth-order valence-corrected chi connectivity index (χ4v) is 0.905. The van der Waals surface area contributed by atoms with Crippen LogP contribution in [0.15, 0.2) is 0 Å². The van der Waals surface area contributed by atoms with Crippen molar-refractivity contribution in [2.45, 2.75) is 29.6 Å². The van der Waals surface area contributed by atoms with Gasteiger partial charge in [-0.15, -0.1) is 0 Å². The Bertz CT molecular complexity index is 361. The van der Waals surface area contributed by atoms with Gasteiger partial charge in [-0.2, -0.15) is 43.9 Å². The molecule has 0 aromatic rings. The molecule has 10 heteroatoms. The lowest BCUT2D eigenvalue weighted by molar-refractivity contribution is -0.380. The van der Waals surface area contributed by atoms with Crippen molar-refractivity contribution in [2.75, 3.05) is 0 Å². The van der Waals surface area contributed by atoms with Crippen LogP contribution in [0.2, 0.25) is 0 Å². The first-order chi connectivity index (χ1) is 7.21. The molecule has 0 unspecified atom stereocenters. The molecule has 1 rings (SSSR count).